The first kappa shape index (κ1) is 18.7. The minimum Gasteiger partial charge on any atom is -0.555 e. The average molecular weight is 339 g/mol. The summed E-state index contributed by atoms with van der Waals surface area (Å²) >= 11 is 5.89. The Morgan fingerprint density at radius 1 is 0.778 bits per heavy atom. The highest BCUT2D eigenvalue weighted by Gasteiger charge is 2.65. The van der Waals surface area contributed by atoms with Gasteiger partial charge in [0.05, 0.1) is 28.5 Å². The monoisotopic (exact) mass is 338 g/mol. The smallest absolute Gasteiger partial charge is 0.206 e. The van der Waals surface area contributed by atoms with Crippen LogP contribution in [0.25, 0.3) is 0 Å². The minimum atomic E-state index is -1.72. The highest BCUT2D eigenvalue weighted by atomic mass is 35.5. The molecule has 0 spiro atoms. The predicted octanol–water partition coefficient (Wildman–Crippen LogP) is 5.30. The van der Waals surface area contributed by atoms with Crippen LogP contribution in [-0.2, 0) is 4.43 Å². The van der Waals surface area contributed by atoms with Crippen molar-refractivity contribution in [1.82, 2.24) is 0 Å². The first-order chi connectivity index (χ1) is 7.70. The highest BCUT2D eigenvalue weighted by molar-refractivity contribution is 7.87. The molecule has 18 heavy (non-hydrogen) atoms. The summed E-state index contributed by atoms with van der Waals surface area (Å²) in [4.78, 5) is 0. The van der Waals surface area contributed by atoms with Gasteiger partial charge in [-0.15, -0.1) is 0 Å². The third-order valence-electron chi connectivity index (χ3n) is 3.64. The lowest BCUT2D eigenvalue weighted by Crippen LogP contribution is -2.84. The summed E-state index contributed by atoms with van der Waals surface area (Å²) in [6.07, 6.45) is 0. The summed E-state index contributed by atoms with van der Waals surface area (Å²) in [6.45, 7) is 22.9. The molecule has 0 rings (SSSR count). The van der Waals surface area contributed by atoms with Crippen molar-refractivity contribution in [3.8, 4) is 0 Å². The third kappa shape index (κ3) is 3.42. The van der Waals surface area contributed by atoms with Gasteiger partial charge in [0.2, 0.25) is 6.87 Å². The Morgan fingerprint density at radius 3 is 1.22 bits per heavy atom. The zero-order valence-corrected chi connectivity index (χ0v) is 18.6. The van der Waals surface area contributed by atoms with E-state index in [2.05, 4.69) is 58.9 Å². The van der Waals surface area contributed by atoms with Crippen LogP contribution < -0.4 is 0 Å². The Balaban J connectivity index is 6.09. The summed E-state index contributed by atoms with van der Waals surface area (Å²) in [6, 6.07) is 0. The standard InChI is InChI=1S/C12H31ClOSi4/c1-12(11-13)14-18(15(2,3)4,16(5,6)7)17(8,9)10/h11H,1-10H3/b12-11-. The maximum atomic E-state index is 6.73. The van der Waals surface area contributed by atoms with Crippen molar-refractivity contribution < 1.29 is 4.43 Å². The first-order valence-corrected chi connectivity index (χ1v) is 22.5. The molecular formula is C12H31ClOSi4. The second-order valence-corrected chi connectivity index (χ2v) is 47.9. The van der Waals surface area contributed by atoms with Gasteiger partial charge in [-0.2, -0.15) is 0 Å². The second kappa shape index (κ2) is 5.59. The van der Waals surface area contributed by atoms with Gasteiger partial charge in [0.1, 0.15) is 0 Å². The number of halogens is 1. The first-order valence-electron chi connectivity index (χ1n) is 6.67. The lowest BCUT2D eigenvalue weighted by Gasteiger charge is -2.56. The van der Waals surface area contributed by atoms with E-state index in [1.807, 2.05) is 6.92 Å². The van der Waals surface area contributed by atoms with E-state index < -0.39 is 29.6 Å². The normalized spacial score (nSPS) is 15.8. The van der Waals surface area contributed by atoms with Crippen molar-refractivity contribution in [1.29, 1.82) is 0 Å². The molecule has 1 nitrogen and oxygen atoms in total. The van der Waals surface area contributed by atoms with Crippen LogP contribution in [-0.4, -0.2) is 29.6 Å². The van der Waals surface area contributed by atoms with Gasteiger partial charge < -0.3 is 4.43 Å². The molecule has 0 saturated carbocycles. The zero-order valence-electron chi connectivity index (χ0n) is 13.9. The Morgan fingerprint density at radius 2 is 1.06 bits per heavy atom. The molecule has 0 aliphatic carbocycles. The van der Waals surface area contributed by atoms with Gasteiger partial charge in [-0.3, -0.25) is 0 Å². The molecule has 0 aromatic heterocycles. The number of hydrogen-bond acceptors (Lipinski definition) is 1. The SMILES string of the molecule is C/C(=C/Cl)O[Si]([Si](C)(C)C)([Si](C)(C)C)[Si](C)(C)C. The largest absolute Gasteiger partial charge is 0.555 e. The molecular weight excluding hydrogens is 308 g/mol. The molecule has 0 aromatic carbocycles. The van der Waals surface area contributed by atoms with Gasteiger partial charge in [0, 0.05) is 5.54 Å². The highest BCUT2D eigenvalue weighted by Crippen LogP contribution is 2.39. The summed E-state index contributed by atoms with van der Waals surface area (Å²) in [5, 5.41) is 0. The lowest BCUT2D eigenvalue weighted by molar-refractivity contribution is 0.450. The number of hydrogen-bond donors (Lipinski definition) is 0. The van der Waals surface area contributed by atoms with E-state index in [0.717, 1.165) is 5.76 Å². The fraction of sp³-hybridized carbons (Fsp3) is 0.833. The molecule has 0 aliphatic heterocycles. The van der Waals surface area contributed by atoms with E-state index in [0.29, 0.717) is 0 Å². The van der Waals surface area contributed by atoms with E-state index in [1.165, 1.54) is 0 Å². The second-order valence-electron chi connectivity index (χ2n) is 8.25. The van der Waals surface area contributed by atoms with Crippen LogP contribution in [0.5, 0.6) is 0 Å². The molecule has 0 atom stereocenters. The molecule has 0 amide bonds. The van der Waals surface area contributed by atoms with Crippen molar-refractivity contribution in [3.05, 3.63) is 11.3 Å². The van der Waals surface area contributed by atoms with E-state index >= 15 is 0 Å². The fourth-order valence-electron chi connectivity index (χ4n) is 4.10. The molecule has 6 heteroatoms. The van der Waals surface area contributed by atoms with E-state index in [9.17, 15) is 0 Å². The average Bonchev–Trinajstić information content (AvgIpc) is 2.07. The summed E-state index contributed by atoms with van der Waals surface area (Å²) in [7, 11) is -4.04. The molecule has 0 saturated heterocycles. The van der Waals surface area contributed by atoms with Crippen LogP contribution in [0.2, 0.25) is 58.9 Å². The Bertz CT molecular complexity index is 284. The summed E-state index contributed by atoms with van der Waals surface area (Å²) in [5.41, 5.74) is 1.63. The van der Waals surface area contributed by atoms with Gasteiger partial charge in [-0.25, -0.2) is 0 Å². The lowest BCUT2D eigenvalue weighted by atomic mass is 10.7. The summed E-state index contributed by atoms with van der Waals surface area (Å²) in [5.74, 6) is 0.940. The van der Waals surface area contributed by atoms with E-state index in [1.54, 1.807) is 5.54 Å². The van der Waals surface area contributed by atoms with Crippen LogP contribution in [0.15, 0.2) is 11.3 Å². The molecule has 0 bridgehead atoms. The van der Waals surface area contributed by atoms with Gasteiger partial charge in [-0.1, -0.05) is 70.5 Å². The van der Waals surface area contributed by atoms with Crippen LogP contribution in [0.4, 0.5) is 0 Å². The van der Waals surface area contributed by atoms with Crippen LogP contribution in [0.3, 0.4) is 0 Å². The Hall–Kier alpha value is 0.698. The van der Waals surface area contributed by atoms with E-state index in [4.69, 9.17) is 16.0 Å². The number of allylic oxidation sites excluding steroid dienone is 1. The Kier molecular flexibility index (Phi) is 5.81. The maximum Gasteiger partial charge on any atom is 0.206 e. The van der Waals surface area contributed by atoms with Crippen molar-refractivity contribution in [3.63, 3.8) is 0 Å². The van der Waals surface area contributed by atoms with Crippen molar-refractivity contribution in [2.24, 2.45) is 0 Å². The molecule has 0 radical (unpaired) electrons. The van der Waals surface area contributed by atoms with Crippen molar-refractivity contribution >= 4 is 41.2 Å². The molecule has 0 fully saturated rings. The molecule has 0 heterocycles. The fourth-order valence-corrected chi connectivity index (χ4v) is 97.6. The predicted molar refractivity (Wildman–Crippen MR) is 96.5 cm³/mol. The topological polar surface area (TPSA) is 9.23 Å². The third-order valence-corrected chi connectivity index (χ3v) is 71.3. The maximum absolute atomic E-state index is 6.73. The Labute approximate surface area is 122 Å². The molecule has 0 unspecified atom stereocenters. The quantitative estimate of drug-likeness (QED) is 0.488. The number of rotatable bonds is 5. The van der Waals surface area contributed by atoms with Gasteiger partial charge in [0.15, 0.2) is 0 Å². The van der Waals surface area contributed by atoms with Gasteiger partial charge in [0.25, 0.3) is 0 Å². The van der Waals surface area contributed by atoms with Crippen LogP contribution in [0.1, 0.15) is 6.92 Å². The van der Waals surface area contributed by atoms with Gasteiger partial charge >= 0.3 is 0 Å². The van der Waals surface area contributed by atoms with Crippen molar-refractivity contribution in [2.45, 2.75) is 65.8 Å². The van der Waals surface area contributed by atoms with E-state index in [-0.39, 0.29) is 0 Å². The zero-order chi connectivity index (χ0) is 15.0. The van der Waals surface area contributed by atoms with Crippen molar-refractivity contribution in [2.75, 3.05) is 0 Å². The summed E-state index contributed by atoms with van der Waals surface area (Å²) < 4.78 is 6.73. The van der Waals surface area contributed by atoms with Crippen LogP contribution >= 0.6 is 11.6 Å². The molecule has 0 aliphatic rings. The molecule has 0 aromatic rings. The van der Waals surface area contributed by atoms with Crippen LogP contribution in [0, 0.1) is 0 Å². The van der Waals surface area contributed by atoms with Gasteiger partial charge in [-0.05, 0) is 6.92 Å². The molecule has 108 valence electrons. The molecule has 0 N–H and O–H groups in total. The minimum absolute atomic E-state index is 0.940.